The van der Waals surface area contributed by atoms with Crippen LogP contribution in [-0.4, -0.2) is 86.8 Å². The molecule has 0 aliphatic carbocycles. The molecule has 9 nitrogen and oxygen atoms in total. The van der Waals surface area contributed by atoms with Crippen molar-refractivity contribution >= 4 is 54.7 Å². The molecule has 10 atom stereocenters. The van der Waals surface area contributed by atoms with Crippen LogP contribution in [0.2, 0.25) is 4.82 Å². The van der Waals surface area contributed by atoms with Crippen molar-refractivity contribution in [3.63, 3.8) is 0 Å². The molecule has 0 unspecified atom stereocenters. The van der Waals surface area contributed by atoms with E-state index in [2.05, 4.69) is 0 Å². The Morgan fingerprint density at radius 2 is 1.50 bits per heavy atom. The fourth-order valence-electron chi connectivity index (χ4n) is 5.19. The molecule has 196 valence electrons. The van der Waals surface area contributed by atoms with E-state index in [1.165, 1.54) is 20.8 Å². The second-order valence-corrected chi connectivity index (χ2v) is 12.3. The van der Waals surface area contributed by atoms with E-state index in [1.807, 2.05) is 30.3 Å². The van der Waals surface area contributed by atoms with Crippen LogP contribution in [0, 0.1) is 5.92 Å². The quantitative estimate of drug-likeness (QED) is 0.202. The molecule has 0 N–H and O–H groups in total. The van der Waals surface area contributed by atoms with Crippen LogP contribution in [0.25, 0.3) is 0 Å². The Morgan fingerprint density at radius 3 is 2.08 bits per heavy atom. The number of carbonyl (C=O) groups is 4. The number of rotatable bonds is 7. The summed E-state index contributed by atoms with van der Waals surface area (Å²) in [6.07, 6.45) is -5.57. The van der Waals surface area contributed by atoms with E-state index in [4.69, 9.17) is 35.3 Å². The number of carbonyl (C=O) groups excluding carboxylic acids is 4. The van der Waals surface area contributed by atoms with Crippen LogP contribution in [-0.2, 0) is 42.9 Å². The van der Waals surface area contributed by atoms with Crippen molar-refractivity contribution in [1.29, 1.82) is 0 Å². The minimum atomic E-state index is -1.09. The van der Waals surface area contributed by atoms with Gasteiger partial charge in [-0.05, 0) is 0 Å². The standard InChI is InChI=1S/C25H29ClO9Se/c1-11-20(32-12(2)27)24(34-14(4)29)22(33-13(3)28)17(31-11)10-16-19(30)23-18(26)25(21(16)35-23)36-15-8-6-5-7-9-15/h5-9,11,16-18,20-25H,10H2,1-4H3/t11-,16+,17-,18-,20+,21-,22+,23-,24+,25+/m0/s1. The van der Waals surface area contributed by atoms with Crippen LogP contribution in [0.1, 0.15) is 34.1 Å². The zero-order chi connectivity index (χ0) is 26.1. The second kappa shape index (κ2) is 11.2. The fourth-order valence-corrected chi connectivity index (χ4v) is 8.48. The SMILES string of the molecule is CC(=O)O[C@@H]1[C@H](OC(C)=O)[C@H](C)O[C@@H](C[C@@H]2C(=O)[C@H]3O[C@@H]2[C@H]([Se]c2ccccc2)[C@H]3Cl)[C@H]1OC(C)=O. The van der Waals surface area contributed by atoms with Gasteiger partial charge in [0.05, 0.1) is 0 Å². The fraction of sp³-hybridized carbons (Fsp3) is 0.600. The van der Waals surface area contributed by atoms with Crippen molar-refractivity contribution in [3.8, 4) is 0 Å². The monoisotopic (exact) mass is 588 g/mol. The Hall–Kier alpha value is -1.97. The second-order valence-electron chi connectivity index (χ2n) is 9.21. The Morgan fingerprint density at radius 1 is 0.917 bits per heavy atom. The van der Waals surface area contributed by atoms with Crippen molar-refractivity contribution in [2.24, 2.45) is 5.92 Å². The van der Waals surface area contributed by atoms with Gasteiger partial charge in [-0.2, -0.15) is 0 Å². The molecule has 1 aromatic carbocycles. The summed E-state index contributed by atoms with van der Waals surface area (Å²) >= 11 is 6.63. The van der Waals surface area contributed by atoms with Crippen molar-refractivity contribution in [2.75, 3.05) is 0 Å². The van der Waals surface area contributed by atoms with Gasteiger partial charge < -0.3 is 0 Å². The van der Waals surface area contributed by atoms with E-state index < -0.39 is 71.9 Å². The number of ketones is 1. The Bertz CT molecular complexity index is 1000. The number of fused-ring (bicyclic) bond motifs is 2. The summed E-state index contributed by atoms with van der Waals surface area (Å²) < 4.78 is 29.8. The van der Waals surface area contributed by atoms with Gasteiger partial charge in [0.15, 0.2) is 0 Å². The van der Waals surface area contributed by atoms with E-state index >= 15 is 0 Å². The van der Waals surface area contributed by atoms with Gasteiger partial charge in [-0.1, -0.05) is 0 Å². The summed E-state index contributed by atoms with van der Waals surface area (Å²) in [7, 11) is 0. The normalized spacial score (nSPS) is 37.4. The van der Waals surface area contributed by atoms with Crippen molar-refractivity contribution in [2.45, 2.75) is 87.0 Å². The van der Waals surface area contributed by atoms with Gasteiger partial charge in [0, 0.05) is 0 Å². The number of ether oxygens (including phenoxy) is 5. The summed E-state index contributed by atoms with van der Waals surface area (Å²) in [6, 6.07) is 9.95. The molecule has 36 heavy (non-hydrogen) atoms. The number of esters is 3. The first kappa shape index (κ1) is 27.1. The molecule has 0 spiro atoms. The third-order valence-electron chi connectivity index (χ3n) is 6.55. The number of alkyl halides is 1. The average molecular weight is 588 g/mol. The van der Waals surface area contributed by atoms with Gasteiger partial charge >= 0.3 is 221 Å². The minimum absolute atomic E-state index is 0.0251. The molecule has 3 saturated heterocycles. The van der Waals surface area contributed by atoms with Gasteiger partial charge in [0.25, 0.3) is 0 Å². The van der Waals surface area contributed by atoms with E-state index in [0.29, 0.717) is 0 Å². The predicted molar refractivity (Wildman–Crippen MR) is 128 cm³/mol. The molecule has 4 rings (SSSR count). The van der Waals surface area contributed by atoms with Crippen LogP contribution in [0.15, 0.2) is 30.3 Å². The van der Waals surface area contributed by atoms with Crippen molar-refractivity contribution in [3.05, 3.63) is 30.3 Å². The molecule has 1 aromatic rings. The first-order chi connectivity index (χ1) is 17.1. The molecule has 0 amide bonds. The molecule has 3 heterocycles. The zero-order valence-corrected chi connectivity index (χ0v) is 22.8. The van der Waals surface area contributed by atoms with Gasteiger partial charge in [0.2, 0.25) is 0 Å². The molecular formula is C25H29ClO9Se. The Kier molecular flexibility index (Phi) is 8.42. The number of hydrogen-bond donors (Lipinski definition) is 0. The van der Waals surface area contributed by atoms with Crippen LogP contribution < -0.4 is 4.46 Å². The number of halogens is 1. The molecule has 3 aliphatic rings. The Labute approximate surface area is 220 Å². The third-order valence-corrected chi connectivity index (χ3v) is 10.3. The molecule has 0 radical (unpaired) electrons. The van der Waals surface area contributed by atoms with Crippen LogP contribution in [0.4, 0.5) is 0 Å². The zero-order valence-electron chi connectivity index (χ0n) is 20.3. The first-order valence-electron chi connectivity index (χ1n) is 11.8. The summed E-state index contributed by atoms with van der Waals surface area (Å²) in [5, 5.41) is -0.420. The van der Waals surface area contributed by atoms with E-state index in [0.717, 1.165) is 4.46 Å². The van der Waals surface area contributed by atoms with Gasteiger partial charge in [-0.3, -0.25) is 0 Å². The Balaban J connectivity index is 1.58. The van der Waals surface area contributed by atoms with Gasteiger partial charge in [0.1, 0.15) is 0 Å². The van der Waals surface area contributed by atoms with E-state index in [1.54, 1.807) is 6.92 Å². The number of hydrogen-bond acceptors (Lipinski definition) is 9. The van der Waals surface area contributed by atoms with Gasteiger partial charge in [-0.25, -0.2) is 0 Å². The van der Waals surface area contributed by atoms with Crippen molar-refractivity contribution in [1.82, 2.24) is 0 Å². The third kappa shape index (κ3) is 5.63. The van der Waals surface area contributed by atoms with E-state index in [-0.39, 0.29) is 32.0 Å². The molecule has 3 fully saturated rings. The van der Waals surface area contributed by atoms with E-state index in [9.17, 15) is 19.2 Å². The molecule has 0 aromatic heterocycles. The number of Topliss-reactive ketones (excluding diaryl/α,β-unsaturated/α-hetero) is 1. The van der Waals surface area contributed by atoms with Crippen LogP contribution in [0.5, 0.6) is 0 Å². The summed E-state index contributed by atoms with van der Waals surface area (Å²) in [5.41, 5.74) is 0. The average Bonchev–Trinajstić information content (AvgIpc) is 3.28. The number of benzene rings is 1. The molecule has 0 saturated carbocycles. The molecule has 3 aliphatic heterocycles. The summed E-state index contributed by atoms with van der Waals surface area (Å²) in [6.45, 7) is 5.35. The molecular weight excluding hydrogens is 559 g/mol. The summed E-state index contributed by atoms with van der Waals surface area (Å²) in [5.74, 6) is -2.48. The maximum absolute atomic E-state index is 13.2. The predicted octanol–water partition coefficient (Wildman–Crippen LogP) is 1.35. The van der Waals surface area contributed by atoms with Crippen LogP contribution >= 0.6 is 11.6 Å². The first-order valence-corrected chi connectivity index (χ1v) is 14.1. The topological polar surface area (TPSA) is 114 Å². The summed E-state index contributed by atoms with van der Waals surface area (Å²) in [4.78, 5) is 48.8. The molecule has 2 bridgehead atoms. The van der Waals surface area contributed by atoms with Crippen LogP contribution in [0.3, 0.4) is 0 Å². The van der Waals surface area contributed by atoms with Gasteiger partial charge in [-0.15, -0.1) is 0 Å². The van der Waals surface area contributed by atoms with Crippen molar-refractivity contribution < 1.29 is 42.9 Å². The maximum atomic E-state index is 13.2. The molecule has 11 heteroatoms.